The number of carbonyl (C=O) groups is 3. The van der Waals surface area contributed by atoms with E-state index < -0.39 is 23.9 Å². The van der Waals surface area contributed by atoms with Gasteiger partial charge in [-0.3, -0.25) is 9.59 Å². The molecule has 1 aliphatic carbocycles. The molecular formula is C30H27ClN2O6. The Labute approximate surface area is 230 Å². The number of carbonyl (C=O) groups excluding carboxylic acids is 3. The summed E-state index contributed by atoms with van der Waals surface area (Å²) in [4.78, 5) is 39.2. The molecule has 3 aromatic carbocycles. The molecule has 5 rings (SSSR count). The Morgan fingerprint density at radius 2 is 1.67 bits per heavy atom. The third-order valence-corrected chi connectivity index (χ3v) is 7.28. The zero-order chi connectivity index (χ0) is 27.7. The lowest BCUT2D eigenvalue weighted by Crippen LogP contribution is -2.39. The van der Waals surface area contributed by atoms with Crippen LogP contribution in [0.3, 0.4) is 0 Å². The zero-order valence-electron chi connectivity index (χ0n) is 21.6. The molecule has 0 spiro atoms. The van der Waals surface area contributed by atoms with Crippen molar-refractivity contribution in [1.29, 1.82) is 0 Å². The van der Waals surface area contributed by atoms with Gasteiger partial charge in [0.15, 0.2) is 17.3 Å². The standard InChI is InChI=1S/C30H27ClN2O6/c1-16-14-22-26(28(34)25(16)30(36)38-3)27(33-21-7-5-4-6-20(21)32-22)18-10-13-23(24(15-18)37-2)39-29(35)17-8-11-19(31)12-9-17/h4-13,15-16,25,27,32-33H,14H2,1-3H3. The predicted molar refractivity (Wildman–Crippen MR) is 147 cm³/mol. The number of rotatable bonds is 5. The van der Waals surface area contributed by atoms with Gasteiger partial charge in [-0.05, 0) is 66.4 Å². The maximum absolute atomic E-state index is 13.9. The number of halogens is 1. The summed E-state index contributed by atoms with van der Waals surface area (Å²) in [5.74, 6) is -2.05. The molecule has 1 heterocycles. The first-order chi connectivity index (χ1) is 18.8. The highest BCUT2D eigenvalue weighted by Gasteiger charge is 2.44. The number of methoxy groups -OCH3 is 2. The van der Waals surface area contributed by atoms with Crippen molar-refractivity contribution in [1.82, 2.24) is 0 Å². The Morgan fingerprint density at radius 1 is 0.949 bits per heavy atom. The van der Waals surface area contributed by atoms with Crippen LogP contribution in [0.1, 0.15) is 35.3 Å². The highest BCUT2D eigenvalue weighted by molar-refractivity contribution is 6.30. The number of fused-ring (bicyclic) bond motifs is 1. The fourth-order valence-corrected chi connectivity index (χ4v) is 5.20. The maximum atomic E-state index is 13.9. The van der Waals surface area contributed by atoms with Crippen molar-refractivity contribution in [2.24, 2.45) is 11.8 Å². The number of anilines is 2. The first kappa shape index (κ1) is 26.3. The van der Waals surface area contributed by atoms with E-state index in [2.05, 4.69) is 10.6 Å². The third-order valence-electron chi connectivity index (χ3n) is 7.03. The molecule has 9 heteroatoms. The van der Waals surface area contributed by atoms with E-state index in [0.29, 0.717) is 33.9 Å². The summed E-state index contributed by atoms with van der Waals surface area (Å²) >= 11 is 5.92. The topological polar surface area (TPSA) is 103 Å². The van der Waals surface area contributed by atoms with Crippen molar-refractivity contribution >= 4 is 40.7 Å². The molecular weight excluding hydrogens is 520 g/mol. The van der Waals surface area contributed by atoms with Crippen molar-refractivity contribution < 1.29 is 28.6 Å². The van der Waals surface area contributed by atoms with Gasteiger partial charge in [-0.1, -0.05) is 36.7 Å². The largest absolute Gasteiger partial charge is 0.493 e. The van der Waals surface area contributed by atoms with Crippen LogP contribution in [-0.4, -0.2) is 31.9 Å². The van der Waals surface area contributed by atoms with E-state index in [0.717, 1.165) is 17.1 Å². The molecule has 8 nitrogen and oxygen atoms in total. The molecule has 0 fully saturated rings. The molecule has 1 aliphatic heterocycles. The molecule has 2 N–H and O–H groups in total. The average Bonchev–Trinajstić information content (AvgIpc) is 3.10. The molecule has 3 atom stereocenters. The van der Waals surface area contributed by atoms with Gasteiger partial charge in [0.2, 0.25) is 0 Å². The van der Waals surface area contributed by atoms with Crippen LogP contribution < -0.4 is 20.1 Å². The van der Waals surface area contributed by atoms with Gasteiger partial charge in [0, 0.05) is 16.3 Å². The molecule has 0 radical (unpaired) electrons. The van der Waals surface area contributed by atoms with Gasteiger partial charge in [-0.2, -0.15) is 0 Å². The van der Waals surface area contributed by atoms with E-state index in [-0.39, 0.29) is 17.5 Å². The Hall–Kier alpha value is -4.30. The molecule has 0 saturated carbocycles. The quantitative estimate of drug-likeness (QED) is 0.235. The van der Waals surface area contributed by atoms with Crippen LogP contribution in [0.15, 0.2) is 78.0 Å². The first-order valence-corrected chi connectivity index (χ1v) is 12.8. The van der Waals surface area contributed by atoms with Gasteiger partial charge in [-0.15, -0.1) is 0 Å². The van der Waals surface area contributed by atoms with Crippen molar-refractivity contribution in [2.45, 2.75) is 19.4 Å². The average molecular weight is 547 g/mol. The number of nitrogens with one attached hydrogen (secondary N) is 2. The SMILES string of the molecule is COC(=O)C1C(=O)C2=C(CC1C)Nc1ccccc1NC2c1ccc(OC(=O)c2ccc(Cl)cc2)c(OC)c1. The Kier molecular flexibility index (Phi) is 7.30. The summed E-state index contributed by atoms with van der Waals surface area (Å²) in [7, 11) is 2.76. The number of hydrogen-bond donors (Lipinski definition) is 2. The van der Waals surface area contributed by atoms with Crippen molar-refractivity contribution in [2.75, 3.05) is 24.9 Å². The van der Waals surface area contributed by atoms with E-state index in [4.69, 9.17) is 25.8 Å². The fourth-order valence-electron chi connectivity index (χ4n) is 5.08. The summed E-state index contributed by atoms with van der Waals surface area (Å²) in [6, 6.07) is 18.5. The van der Waals surface area contributed by atoms with Crippen LogP contribution in [0.5, 0.6) is 11.5 Å². The van der Waals surface area contributed by atoms with E-state index in [9.17, 15) is 14.4 Å². The second-order valence-electron chi connectivity index (χ2n) is 9.49. The number of hydrogen-bond acceptors (Lipinski definition) is 8. The van der Waals surface area contributed by atoms with E-state index in [1.54, 1.807) is 42.5 Å². The molecule has 0 aromatic heterocycles. The van der Waals surface area contributed by atoms with Crippen molar-refractivity contribution in [3.8, 4) is 11.5 Å². The highest BCUT2D eigenvalue weighted by Crippen LogP contribution is 2.45. The molecule has 0 bridgehead atoms. The monoisotopic (exact) mass is 546 g/mol. The number of Topliss-reactive ketones (excluding diaryl/α,β-unsaturated/α-hetero) is 1. The Morgan fingerprint density at radius 3 is 2.36 bits per heavy atom. The Bertz CT molecular complexity index is 1480. The van der Waals surface area contributed by atoms with Crippen LogP contribution in [-0.2, 0) is 14.3 Å². The number of para-hydroxylation sites is 2. The summed E-state index contributed by atoms with van der Waals surface area (Å²) in [5.41, 5.74) is 3.84. The lowest BCUT2D eigenvalue weighted by Gasteiger charge is -2.32. The van der Waals surface area contributed by atoms with Gasteiger partial charge in [-0.25, -0.2) is 4.79 Å². The Balaban J connectivity index is 1.55. The lowest BCUT2D eigenvalue weighted by atomic mass is 9.75. The minimum atomic E-state index is -0.914. The second kappa shape index (κ2) is 10.8. The minimum Gasteiger partial charge on any atom is -0.493 e. The summed E-state index contributed by atoms with van der Waals surface area (Å²) < 4.78 is 16.2. The predicted octanol–water partition coefficient (Wildman–Crippen LogP) is 5.80. The van der Waals surface area contributed by atoms with Crippen LogP contribution in [0.2, 0.25) is 5.02 Å². The molecule has 2 aliphatic rings. The number of ketones is 1. The molecule has 0 saturated heterocycles. The highest BCUT2D eigenvalue weighted by atomic mass is 35.5. The van der Waals surface area contributed by atoms with Crippen molar-refractivity contribution in [3.05, 3.63) is 94.1 Å². The number of allylic oxidation sites excluding steroid dienone is 1. The van der Waals surface area contributed by atoms with Crippen LogP contribution >= 0.6 is 11.6 Å². The summed E-state index contributed by atoms with van der Waals surface area (Å²) in [5, 5.41) is 7.40. The molecule has 39 heavy (non-hydrogen) atoms. The normalized spacial score (nSPS) is 20.0. The molecule has 3 aromatic rings. The van der Waals surface area contributed by atoms with Crippen molar-refractivity contribution in [3.63, 3.8) is 0 Å². The number of benzene rings is 3. The van der Waals surface area contributed by atoms with Gasteiger partial charge in [0.05, 0.1) is 37.2 Å². The molecule has 3 unspecified atom stereocenters. The zero-order valence-corrected chi connectivity index (χ0v) is 22.4. The van der Waals surface area contributed by atoms with E-state index in [1.807, 2.05) is 31.2 Å². The second-order valence-corrected chi connectivity index (χ2v) is 9.93. The summed E-state index contributed by atoms with van der Waals surface area (Å²) in [6.07, 6.45) is 0.487. The lowest BCUT2D eigenvalue weighted by molar-refractivity contribution is -0.151. The van der Waals surface area contributed by atoms with Crippen LogP contribution in [0.4, 0.5) is 11.4 Å². The van der Waals surface area contributed by atoms with Gasteiger partial charge in [0.25, 0.3) is 0 Å². The van der Waals surface area contributed by atoms with Gasteiger partial charge >= 0.3 is 11.9 Å². The smallest absolute Gasteiger partial charge is 0.343 e. The van der Waals surface area contributed by atoms with Gasteiger partial charge in [0.1, 0.15) is 5.92 Å². The molecule has 0 amide bonds. The number of esters is 2. The minimum absolute atomic E-state index is 0.221. The van der Waals surface area contributed by atoms with E-state index >= 15 is 0 Å². The molecule has 200 valence electrons. The fraction of sp³-hybridized carbons (Fsp3) is 0.233. The first-order valence-electron chi connectivity index (χ1n) is 12.4. The summed E-state index contributed by atoms with van der Waals surface area (Å²) in [6.45, 7) is 1.87. The number of ether oxygens (including phenoxy) is 3. The van der Waals surface area contributed by atoms with Crippen LogP contribution in [0.25, 0.3) is 0 Å². The third kappa shape index (κ3) is 5.07. The van der Waals surface area contributed by atoms with Gasteiger partial charge < -0.3 is 24.8 Å². The maximum Gasteiger partial charge on any atom is 0.343 e. The van der Waals surface area contributed by atoms with E-state index in [1.165, 1.54) is 14.2 Å². The van der Waals surface area contributed by atoms with Crippen LogP contribution in [0, 0.1) is 11.8 Å².